The number of benzene rings is 1. The molecule has 0 saturated heterocycles. The van der Waals surface area contributed by atoms with Gasteiger partial charge in [0.25, 0.3) is 0 Å². The average molecular weight is 276 g/mol. The predicted molar refractivity (Wildman–Crippen MR) is 55.1 cm³/mol. The van der Waals surface area contributed by atoms with Gasteiger partial charge in [-0.15, -0.1) is 0 Å². The van der Waals surface area contributed by atoms with Gasteiger partial charge in [-0.25, -0.2) is 0 Å². The fourth-order valence-corrected chi connectivity index (χ4v) is 1.04. The molecule has 3 heteroatoms. The second kappa shape index (κ2) is 5.27. The lowest BCUT2D eigenvalue weighted by molar-refractivity contribution is -0.113. The zero-order valence-corrected chi connectivity index (χ0v) is 8.65. The first kappa shape index (κ1) is 9.67. The molecular weight excluding hydrogens is 267 g/mol. The number of ether oxygens (including phenoxy) is 1. The van der Waals surface area contributed by atoms with E-state index in [0.29, 0.717) is 6.61 Å². The molecule has 0 N–H and O–H groups in total. The average Bonchev–Trinajstić information content (AvgIpc) is 2.05. The molecule has 64 valence electrons. The van der Waals surface area contributed by atoms with Gasteiger partial charge in [-0.3, -0.25) is 4.79 Å². The molecule has 0 unspecified atom stereocenters. The summed E-state index contributed by atoms with van der Waals surface area (Å²) >= 11 is 1.72. The van der Waals surface area contributed by atoms with E-state index in [1.54, 1.807) is 22.6 Å². The zero-order valence-electron chi connectivity index (χ0n) is 6.50. The van der Waals surface area contributed by atoms with Crippen LogP contribution in [0.5, 0.6) is 0 Å². The number of carbonyl (C=O) groups excluding carboxylic acids is 1. The van der Waals surface area contributed by atoms with Crippen LogP contribution in [0.2, 0.25) is 0 Å². The van der Waals surface area contributed by atoms with Crippen LogP contribution >= 0.6 is 22.6 Å². The third kappa shape index (κ3) is 3.82. The highest BCUT2D eigenvalue weighted by atomic mass is 127. The van der Waals surface area contributed by atoms with E-state index in [2.05, 4.69) is 0 Å². The molecule has 0 spiro atoms. The Labute approximate surface area is 85.1 Å². The minimum atomic E-state index is 0.0310. The molecule has 1 aromatic carbocycles. The molecule has 1 rings (SSSR count). The summed E-state index contributed by atoms with van der Waals surface area (Å²) < 4.78 is 5.16. The first-order chi connectivity index (χ1) is 5.79. The van der Waals surface area contributed by atoms with Crippen LogP contribution in [0.4, 0.5) is 0 Å². The van der Waals surface area contributed by atoms with E-state index in [4.69, 9.17) is 4.74 Å². The molecule has 0 heterocycles. The molecule has 0 aliphatic carbocycles. The van der Waals surface area contributed by atoms with Crippen LogP contribution in [0.3, 0.4) is 0 Å². The molecule has 0 aliphatic rings. The van der Waals surface area contributed by atoms with Crippen molar-refractivity contribution < 1.29 is 9.53 Å². The largest absolute Gasteiger partial charge is 0.368 e. The summed E-state index contributed by atoms with van der Waals surface area (Å²) in [6, 6.07) is 9.79. The number of hydrogen-bond donors (Lipinski definition) is 0. The summed E-state index contributed by atoms with van der Waals surface area (Å²) in [7, 11) is 0. The minimum Gasteiger partial charge on any atom is -0.368 e. The van der Waals surface area contributed by atoms with Crippen molar-refractivity contribution in [3.8, 4) is 0 Å². The highest BCUT2D eigenvalue weighted by Crippen LogP contribution is 2.00. The Kier molecular flexibility index (Phi) is 4.24. The topological polar surface area (TPSA) is 26.3 Å². The molecule has 0 fully saturated rings. The summed E-state index contributed by atoms with van der Waals surface area (Å²) in [5.41, 5.74) is 1.09. The first-order valence-electron chi connectivity index (χ1n) is 3.59. The lowest BCUT2D eigenvalue weighted by atomic mass is 10.2. The lowest BCUT2D eigenvalue weighted by Crippen LogP contribution is -2.00. The normalized spacial score (nSPS) is 9.75. The Bertz CT molecular complexity index is 246. The van der Waals surface area contributed by atoms with Gasteiger partial charge in [-0.1, -0.05) is 30.3 Å². The van der Waals surface area contributed by atoms with E-state index in [-0.39, 0.29) is 10.4 Å². The maximum absolute atomic E-state index is 10.5. The van der Waals surface area contributed by atoms with Crippen LogP contribution in [-0.4, -0.2) is 10.4 Å². The third-order valence-corrected chi connectivity index (χ3v) is 1.64. The van der Waals surface area contributed by atoms with Gasteiger partial charge >= 0.3 is 0 Å². The smallest absolute Gasteiger partial charge is 0.217 e. The van der Waals surface area contributed by atoms with Gasteiger partial charge in [0.05, 0.1) is 6.61 Å². The number of hydrogen-bond acceptors (Lipinski definition) is 2. The molecule has 0 amide bonds. The van der Waals surface area contributed by atoms with Gasteiger partial charge in [0.15, 0.2) is 0 Å². The van der Waals surface area contributed by atoms with Crippen molar-refractivity contribution in [1.29, 1.82) is 0 Å². The Morgan fingerprint density at radius 1 is 1.33 bits per heavy atom. The quantitative estimate of drug-likeness (QED) is 0.622. The number of carbonyl (C=O) groups is 1. The molecule has 2 nitrogen and oxygen atoms in total. The molecule has 0 aliphatic heterocycles. The Morgan fingerprint density at radius 3 is 2.58 bits per heavy atom. The van der Waals surface area contributed by atoms with Gasteiger partial charge < -0.3 is 4.74 Å². The van der Waals surface area contributed by atoms with Gasteiger partial charge in [0.2, 0.25) is 3.79 Å². The Hall–Kier alpha value is -0.420. The minimum absolute atomic E-state index is 0.0310. The molecule has 0 radical (unpaired) electrons. The SMILES string of the molecule is O=C(I)COCc1ccccc1. The summed E-state index contributed by atoms with van der Waals surface area (Å²) in [5, 5.41) is 0. The van der Waals surface area contributed by atoms with E-state index in [1.807, 2.05) is 30.3 Å². The van der Waals surface area contributed by atoms with Crippen LogP contribution in [0, 0.1) is 0 Å². The highest BCUT2D eigenvalue weighted by Gasteiger charge is 1.95. The summed E-state index contributed by atoms with van der Waals surface area (Å²) in [5.74, 6) is 0. The Balaban J connectivity index is 2.29. The monoisotopic (exact) mass is 276 g/mol. The summed E-state index contributed by atoms with van der Waals surface area (Å²) in [6.45, 7) is 0.699. The second-order valence-electron chi connectivity index (χ2n) is 2.33. The number of halogens is 1. The van der Waals surface area contributed by atoms with Crippen molar-refractivity contribution in [2.75, 3.05) is 6.61 Å². The fourth-order valence-electron chi connectivity index (χ4n) is 0.823. The third-order valence-electron chi connectivity index (χ3n) is 1.33. The van der Waals surface area contributed by atoms with E-state index in [1.165, 1.54) is 0 Å². The first-order valence-corrected chi connectivity index (χ1v) is 4.67. The van der Waals surface area contributed by atoms with Crippen molar-refractivity contribution in [2.24, 2.45) is 0 Å². The van der Waals surface area contributed by atoms with E-state index in [0.717, 1.165) is 5.56 Å². The fraction of sp³-hybridized carbons (Fsp3) is 0.222. The van der Waals surface area contributed by atoms with Crippen molar-refractivity contribution in [1.82, 2.24) is 0 Å². The molecule has 12 heavy (non-hydrogen) atoms. The van der Waals surface area contributed by atoms with Gasteiger partial charge in [-0.05, 0) is 5.56 Å². The molecule has 0 aromatic heterocycles. The highest BCUT2D eigenvalue weighted by molar-refractivity contribution is 14.1. The van der Waals surface area contributed by atoms with Gasteiger partial charge in [0, 0.05) is 22.6 Å². The van der Waals surface area contributed by atoms with Gasteiger partial charge in [-0.2, -0.15) is 0 Å². The van der Waals surface area contributed by atoms with Crippen LogP contribution in [0.15, 0.2) is 30.3 Å². The number of rotatable bonds is 4. The molecule has 0 bridgehead atoms. The van der Waals surface area contributed by atoms with Crippen molar-refractivity contribution in [2.45, 2.75) is 6.61 Å². The molecule has 0 saturated carbocycles. The van der Waals surface area contributed by atoms with E-state index >= 15 is 0 Å². The van der Waals surface area contributed by atoms with Crippen molar-refractivity contribution >= 4 is 26.4 Å². The molecule has 1 aromatic rings. The molecule has 0 atom stereocenters. The zero-order chi connectivity index (χ0) is 8.81. The maximum Gasteiger partial charge on any atom is 0.217 e. The van der Waals surface area contributed by atoms with Crippen molar-refractivity contribution in [3.63, 3.8) is 0 Å². The van der Waals surface area contributed by atoms with Crippen LogP contribution in [0.1, 0.15) is 5.56 Å². The van der Waals surface area contributed by atoms with Crippen LogP contribution in [-0.2, 0) is 16.1 Å². The summed E-state index contributed by atoms with van der Waals surface area (Å²) in [6.07, 6.45) is 0. The van der Waals surface area contributed by atoms with Gasteiger partial charge in [0.1, 0.15) is 6.61 Å². The maximum atomic E-state index is 10.5. The van der Waals surface area contributed by atoms with Crippen LogP contribution < -0.4 is 0 Å². The van der Waals surface area contributed by atoms with E-state index in [9.17, 15) is 4.79 Å². The van der Waals surface area contributed by atoms with Crippen molar-refractivity contribution in [3.05, 3.63) is 35.9 Å². The summed E-state index contributed by atoms with van der Waals surface area (Å²) in [4.78, 5) is 10.5. The van der Waals surface area contributed by atoms with E-state index < -0.39 is 0 Å². The van der Waals surface area contributed by atoms with Crippen LogP contribution in [0.25, 0.3) is 0 Å². The second-order valence-corrected chi connectivity index (χ2v) is 3.54. The molecular formula is C9H9IO2. The Morgan fingerprint density at radius 2 is 2.00 bits per heavy atom. The lowest BCUT2D eigenvalue weighted by Gasteiger charge is -1.99. The standard InChI is InChI=1S/C9H9IO2/c10-9(11)7-12-6-8-4-2-1-3-5-8/h1-5H,6-7H2. The predicted octanol–water partition coefficient (Wildman–Crippen LogP) is 2.16.